The Morgan fingerprint density at radius 3 is 2.67 bits per heavy atom. The van der Waals surface area contributed by atoms with Gasteiger partial charge in [-0.25, -0.2) is 0 Å². The zero-order valence-electron chi connectivity index (χ0n) is 14.5. The highest BCUT2D eigenvalue weighted by molar-refractivity contribution is 7.11. The molecular formula is C18H22N4OS. The smallest absolute Gasteiger partial charge is 0.224 e. The lowest BCUT2D eigenvalue weighted by Gasteiger charge is -2.05. The van der Waals surface area contributed by atoms with Crippen LogP contribution in [-0.4, -0.2) is 21.1 Å². The van der Waals surface area contributed by atoms with Gasteiger partial charge >= 0.3 is 0 Å². The van der Waals surface area contributed by atoms with Crippen molar-refractivity contribution in [2.75, 3.05) is 0 Å². The quantitative estimate of drug-likeness (QED) is 0.747. The maximum Gasteiger partial charge on any atom is 0.224 e. The maximum atomic E-state index is 12.4. The molecule has 126 valence electrons. The van der Waals surface area contributed by atoms with Gasteiger partial charge in [0.25, 0.3) is 0 Å². The van der Waals surface area contributed by atoms with E-state index in [0.29, 0.717) is 13.0 Å². The lowest BCUT2D eigenvalue weighted by atomic mass is 10.0. The minimum atomic E-state index is 0.00593. The van der Waals surface area contributed by atoms with Crippen molar-refractivity contribution in [1.82, 2.24) is 20.5 Å². The number of benzene rings is 1. The van der Waals surface area contributed by atoms with Gasteiger partial charge in [-0.1, -0.05) is 29.9 Å². The van der Waals surface area contributed by atoms with Crippen LogP contribution in [0.5, 0.6) is 0 Å². The first-order chi connectivity index (χ1) is 11.5. The van der Waals surface area contributed by atoms with E-state index in [0.717, 1.165) is 38.6 Å². The van der Waals surface area contributed by atoms with Crippen LogP contribution in [0.25, 0.3) is 10.9 Å². The molecule has 0 aliphatic carbocycles. The van der Waals surface area contributed by atoms with Crippen LogP contribution in [0.3, 0.4) is 0 Å². The normalized spacial score (nSPS) is 11.2. The highest BCUT2D eigenvalue weighted by atomic mass is 32.1. The summed E-state index contributed by atoms with van der Waals surface area (Å²) in [6.45, 7) is 8.69. The number of nitrogens with one attached hydrogen (secondary N) is 2. The third-order valence-corrected chi connectivity index (χ3v) is 5.22. The van der Waals surface area contributed by atoms with Crippen molar-refractivity contribution in [3.05, 3.63) is 44.5 Å². The second-order valence-corrected chi connectivity index (χ2v) is 7.28. The molecular weight excluding hydrogens is 320 g/mol. The van der Waals surface area contributed by atoms with Crippen molar-refractivity contribution >= 4 is 28.1 Å². The first kappa shape index (κ1) is 16.6. The van der Waals surface area contributed by atoms with Gasteiger partial charge in [0.1, 0.15) is 10.0 Å². The molecule has 3 aromatic rings. The van der Waals surface area contributed by atoms with Gasteiger partial charge in [-0.3, -0.25) is 4.79 Å². The van der Waals surface area contributed by atoms with Gasteiger partial charge in [0.2, 0.25) is 5.91 Å². The van der Waals surface area contributed by atoms with E-state index in [9.17, 15) is 4.79 Å². The highest BCUT2D eigenvalue weighted by Gasteiger charge is 2.14. The fourth-order valence-electron chi connectivity index (χ4n) is 2.96. The molecule has 0 spiro atoms. The number of aryl methyl sites for hydroxylation is 4. The van der Waals surface area contributed by atoms with Crippen LogP contribution in [0.4, 0.5) is 0 Å². The number of rotatable bonds is 5. The molecule has 0 saturated carbocycles. The molecule has 0 fully saturated rings. The Morgan fingerprint density at radius 2 is 1.96 bits per heavy atom. The predicted molar refractivity (Wildman–Crippen MR) is 97.3 cm³/mol. The molecule has 2 heterocycles. The fraction of sp³-hybridized carbons (Fsp3) is 0.389. The van der Waals surface area contributed by atoms with Crippen molar-refractivity contribution in [3.63, 3.8) is 0 Å². The third kappa shape index (κ3) is 3.33. The Bertz CT molecular complexity index is 894. The molecule has 3 rings (SSSR count). The molecule has 0 aliphatic rings. The first-order valence-corrected chi connectivity index (χ1v) is 8.96. The van der Waals surface area contributed by atoms with E-state index in [-0.39, 0.29) is 5.91 Å². The van der Waals surface area contributed by atoms with E-state index < -0.39 is 0 Å². The Kier molecular flexibility index (Phi) is 4.66. The summed E-state index contributed by atoms with van der Waals surface area (Å²) in [7, 11) is 0. The van der Waals surface area contributed by atoms with Gasteiger partial charge in [-0.2, -0.15) is 0 Å². The van der Waals surface area contributed by atoms with Crippen molar-refractivity contribution < 1.29 is 4.79 Å². The maximum absolute atomic E-state index is 12.4. The van der Waals surface area contributed by atoms with Crippen molar-refractivity contribution in [1.29, 1.82) is 0 Å². The van der Waals surface area contributed by atoms with Crippen LogP contribution in [0.2, 0.25) is 0 Å². The number of fused-ring (bicyclic) bond motifs is 1. The van der Waals surface area contributed by atoms with Crippen LogP contribution < -0.4 is 5.32 Å². The number of H-pyrrole nitrogens is 1. The largest absolute Gasteiger partial charge is 0.358 e. The first-order valence-electron chi connectivity index (χ1n) is 8.14. The van der Waals surface area contributed by atoms with Crippen molar-refractivity contribution in [2.24, 2.45) is 0 Å². The zero-order valence-corrected chi connectivity index (χ0v) is 15.3. The van der Waals surface area contributed by atoms with E-state index in [2.05, 4.69) is 46.5 Å². The molecule has 5 nitrogen and oxygen atoms in total. The summed E-state index contributed by atoms with van der Waals surface area (Å²) < 4.78 is 0. The SMILES string of the molecule is CCc1nnc(CNC(=O)Cc2c(C)[nH]c3c(C)cc(C)cc23)s1. The average Bonchev–Trinajstić information content (AvgIpc) is 3.12. The number of hydrogen-bond donors (Lipinski definition) is 2. The van der Waals surface area contributed by atoms with Crippen LogP contribution in [-0.2, 0) is 24.2 Å². The molecule has 2 aromatic heterocycles. The summed E-state index contributed by atoms with van der Waals surface area (Å²) in [5.74, 6) is 0.00593. The number of carbonyl (C=O) groups is 1. The lowest BCUT2D eigenvalue weighted by molar-refractivity contribution is -0.120. The van der Waals surface area contributed by atoms with E-state index in [1.165, 1.54) is 11.1 Å². The van der Waals surface area contributed by atoms with Gasteiger partial charge in [0, 0.05) is 16.6 Å². The monoisotopic (exact) mass is 342 g/mol. The van der Waals surface area contributed by atoms with E-state index in [1.807, 2.05) is 13.8 Å². The number of nitrogens with zero attached hydrogens (tertiary/aromatic N) is 2. The second-order valence-electron chi connectivity index (χ2n) is 6.13. The van der Waals surface area contributed by atoms with E-state index >= 15 is 0 Å². The minimum Gasteiger partial charge on any atom is -0.358 e. The Hall–Kier alpha value is -2.21. The lowest BCUT2D eigenvalue weighted by Crippen LogP contribution is -2.24. The van der Waals surface area contributed by atoms with Gasteiger partial charge in [0.05, 0.1) is 13.0 Å². The number of aromatic amines is 1. The number of aromatic nitrogens is 3. The van der Waals surface area contributed by atoms with Crippen LogP contribution >= 0.6 is 11.3 Å². The van der Waals surface area contributed by atoms with Gasteiger partial charge < -0.3 is 10.3 Å². The number of amides is 1. The second kappa shape index (κ2) is 6.73. The van der Waals surface area contributed by atoms with Gasteiger partial charge in [0.15, 0.2) is 0 Å². The standard InChI is InChI=1S/C18H22N4OS/c1-5-16-21-22-17(24-16)9-19-15(23)8-13-12(4)20-18-11(3)6-10(2)7-14(13)18/h6-7,20H,5,8-9H2,1-4H3,(H,19,23). The summed E-state index contributed by atoms with van der Waals surface area (Å²) in [4.78, 5) is 15.8. The Labute approximate surface area is 145 Å². The molecule has 0 bridgehead atoms. The van der Waals surface area contributed by atoms with Gasteiger partial charge in [-0.15, -0.1) is 10.2 Å². The summed E-state index contributed by atoms with van der Waals surface area (Å²) in [6, 6.07) is 4.30. The molecule has 0 aliphatic heterocycles. The van der Waals surface area contributed by atoms with E-state index in [1.54, 1.807) is 11.3 Å². The highest BCUT2D eigenvalue weighted by Crippen LogP contribution is 2.26. The van der Waals surface area contributed by atoms with Crippen molar-refractivity contribution in [2.45, 2.75) is 47.1 Å². The Morgan fingerprint density at radius 1 is 1.21 bits per heavy atom. The molecule has 0 saturated heterocycles. The van der Waals surface area contributed by atoms with Crippen molar-refractivity contribution in [3.8, 4) is 0 Å². The average molecular weight is 342 g/mol. The molecule has 0 unspecified atom stereocenters. The van der Waals surface area contributed by atoms with Gasteiger partial charge in [-0.05, 0) is 44.4 Å². The fourth-order valence-corrected chi connectivity index (χ4v) is 3.69. The summed E-state index contributed by atoms with van der Waals surface area (Å²) in [5.41, 5.74) is 5.67. The number of carbonyl (C=O) groups excluding carboxylic acids is 1. The number of hydrogen-bond acceptors (Lipinski definition) is 4. The molecule has 24 heavy (non-hydrogen) atoms. The zero-order chi connectivity index (χ0) is 17.3. The molecule has 0 radical (unpaired) electrons. The van der Waals surface area contributed by atoms with Crippen LogP contribution in [0.15, 0.2) is 12.1 Å². The molecule has 6 heteroatoms. The summed E-state index contributed by atoms with van der Waals surface area (Å²) >= 11 is 1.55. The molecule has 1 amide bonds. The van der Waals surface area contributed by atoms with Crippen LogP contribution in [0, 0.1) is 20.8 Å². The van der Waals surface area contributed by atoms with Crippen LogP contribution in [0.1, 0.15) is 39.3 Å². The Balaban J connectivity index is 1.74. The summed E-state index contributed by atoms with van der Waals surface area (Å²) in [5, 5.41) is 14.1. The molecule has 2 N–H and O–H groups in total. The minimum absolute atomic E-state index is 0.00593. The third-order valence-electron chi connectivity index (χ3n) is 4.16. The molecule has 0 atom stereocenters. The summed E-state index contributed by atoms with van der Waals surface area (Å²) in [6.07, 6.45) is 1.24. The topological polar surface area (TPSA) is 70.7 Å². The predicted octanol–water partition coefficient (Wildman–Crippen LogP) is 3.37. The molecule has 1 aromatic carbocycles. The van der Waals surface area contributed by atoms with E-state index in [4.69, 9.17) is 0 Å².